The number of hydrogen-bond donors (Lipinski definition) is 0. The fraction of sp³-hybridized carbons (Fsp3) is 0.727. The first-order valence-electron chi connectivity index (χ1n) is 5.24. The summed E-state index contributed by atoms with van der Waals surface area (Å²) in [5.41, 5.74) is 0. The number of ketones is 1. The Morgan fingerprint density at radius 1 is 1.23 bits per heavy atom. The SMILES string of the molecule is O=C1C=CCCCC1[S+]1CCCC1. The lowest BCUT2D eigenvalue weighted by Crippen LogP contribution is -2.29. The first kappa shape index (κ1) is 9.32. The average Bonchev–Trinajstić information content (AvgIpc) is 2.56. The van der Waals surface area contributed by atoms with E-state index in [-0.39, 0.29) is 0 Å². The van der Waals surface area contributed by atoms with Crippen molar-refractivity contribution < 1.29 is 4.79 Å². The zero-order valence-corrected chi connectivity index (χ0v) is 8.81. The van der Waals surface area contributed by atoms with Gasteiger partial charge in [-0.2, -0.15) is 0 Å². The molecule has 2 heteroatoms. The van der Waals surface area contributed by atoms with Crippen LogP contribution in [0.5, 0.6) is 0 Å². The van der Waals surface area contributed by atoms with E-state index in [4.69, 9.17) is 0 Å². The Morgan fingerprint density at radius 3 is 2.77 bits per heavy atom. The largest absolute Gasteiger partial charge is 0.289 e. The van der Waals surface area contributed by atoms with Crippen LogP contribution in [0.2, 0.25) is 0 Å². The normalized spacial score (nSPS) is 30.8. The highest BCUT2D eigenvalue weighted by Gasteiger charge is 2.37. The van der Waals surface area contributed by atoms with E-state index in [2.05, 4.69) is 6.08 Å². The zero-order chi connectivity index (χ0) is 9.10. The predicted octanol–water partition coefficient (Wildman–Crippen LogP) is 2.08. The van der Waals surface area contributed by atoms with E-state index in [0.29, 0.717) is 21.9 Å². The summed E-state index contributed by atoms with van der Waals surface area (Å²) in [6.07, 6.45) is 10.1. The molecule has 0 amide bonds. The van der Waals surface area contributed by atoms with E-state index >= 15 is 0 Å². The van der Waals surface area contributed by atoms with Crippen molar-refractivity contribution in [3.63, 3.8) is 0 Å². The summed E-state index contributed by atoms with van der Waals surface area (Å²) < 4.78 is 0. The van der Waals surface area contributed by atoms with E-state index in [1.807, 2.05) is 6.08 Å². The van der Waals surface area contributed by atoms with Crippen LogP contribution in [0.3, 0.4) is 0 Å². The Kier molecular flexibility index (Phi) is 3.09. The van der Waals surface area contributed by atoms with Crippen LogP contribution in [-0.2, 0) is 15.7 Å². The lowest BCUT2D eigenvalue weighted by Gasteiger charge is -2.10. The van der Waals surface area contributed by atoms with Gasteiger partial charge < -0.3 is 0 Å². The maximum absolute atomic E-state index is 11.7. The van der Waals surface area contributed by atoms with Crippen molar-refractivity contribution in [2.75, 3.05) is 11.5 Å². The van der Waals surface area contributed by atoms with E-state index in [0.717, 1.165) is 12.8 Å². The molecule has 1 nitrogen and oxygen atoms in total. The molecule has 1 fully saturated rings. The molecular formula is C11H17OS+. The second-order valence-electron chi connectivity index (χ2n) is 3.88. The Morgan fingerprint density at radius 2 is 2.00 bits per heavy atom. The molecule has 0 spiro atoms. The van der Waals surface area contributed by atoms with Crippen LogP contribution in [-0.4, -0.2) is 22.5 Å². The minimum atomic E-state index is 0.404. The molecule has 0 aromatic carbocycles. The third kappa shape index (κ3) is 2.16. The van der Waals surface area contributed by atoms with Gasteiger partial charge in [-0.1, -0.05) is 6.08 Å². The zero-order valence-electron chi connectivity index (χ0n) is 8.00. The molecule has 2 aliphatic rings. The van der Waals surface area contributed by atoms with E-state index in [9.17, 15) is 4.79 Å². The van der Waals surface area contributed by atoms with Crippen molar-refractivity contribution in [3.05, 3.63) is 12.2 Å². The monoisotopic (exact) mass is 197 g/mol. The summed E-state index contributed by atoms with van der Waals surface area (Å²) >= 11 is 0. The Balaban J connectivity index is 2.02. The van der Waals surface area contributed by atoms with Crippen molar-refractivity contribution in [2.24, 2.45) is 0 Å². The Labute approximate surface area is 82.9 Å². The van der Waals surface area contributed by atoms with Crippen molar-refractivity contribution >= 4 is 16.7 Å². The molecular weight excluding hydrogens is 180 g/mol. The maximum atomic E-state index is 11.7. The van der Waals surface area contributed by atoms with Crippen molar-refractivity contribution in [1.82, 2.24) is 0 Å². The molecule has 1 heterocycles. The molecule has 0 aromatic rings. The van der Waals surface area contributed by atoms with Crippen molar-refractivity contribution in [3.8, 4) is 0 Å². The molecule has 1 atom stereocenters. The van der Waals surface area contributed by atoms with Gasteiger partial charge in [-0.3, -0.25) is 4.79 Å². The first-order chi connectivity index (χ1) is 6.38. The topological polar surface area (TPSA) is 17.1 Å². The molecule has 0 bridgehead atoms. The molecule has 72 valence electrons. The maximum Gasteiger partial charge on any atom is 0.207 e. The number of carbonyl (C=O) groups excluding carboxylic acids is 1. The molecule has 2 rings (SSSR count). The van der Waals surface area contributed by atoms with Crippen LogP contribution in [0, 0.1) is 0 Å². The first-order valence-corrected chi connectivity index (χ1v) is 6.87. The molecule has 1 unspecified atom stereocenters. The smallest absolute Gasteiger partial charge is 0.207 e. The van der Waals surface area contributed by atoms with Crippen LogP contribution < -0.4 is 0 Å². The second kappa shape index (κ2) is 4.32. The number of carbonyl (C=O) groups is 1. The fourth-order valence-electron chi connectivity index (χ4n) is 2.16. The van der Waals surface area contributed by atoms with Crippen LogP contribution in [0.25, 0.3) is 0 Å². The lowest BCUT2D eigenvalue weighted by molar-refractivity contribution is -0.114. The van der Waals surface area contributed by atoms with Gasteiger partial charge >= 0.3 is 0 Å². The summed E-state index contributed by atoms with van der Waals surface area (Å²) in [5.74, 6) is 3.07. The molecule has 1 aliphatic carbocycles. The number of hydrogen-bond acceptors (Lipinski definition) is 1. The van der Waals surface area contributed by atoms with Gasteiger partial charge in [-0.15, -0.1) is 0 Å². The molecule has 0 aromatic heterocycles. The van der Waals surface area contributed by atoms with Crippen LogP contribution in [0.15, 0.2) is 12.2 Å². The van der Waals surface area contributed by atoms with Crippen LogP contribution in [0.4, 0.5) is 0 Å². The summed E-state index contributed by atoms with van der Waals surface area (Å²) in [5, 5.41) is 0.404. The summed E-state index contributed by atoms with van der Waals surface area (Å²) in [6, 6.07) is 0. The van der Waals surface area contributed by atoms with Gasteiger partial charge in [0, 0.05) is 6.42 Å². The van der Waals surface area contributed by atoms with Crippen molar-refractivity contribution in [2.45, 2.75) is 37.4 Å². The van der Waals surface area contributed by atoms with Gasteiger partial charge in [0.25, 0.3) is 0 Å². The molecule has 0 saturated carbocycles. The quantitative estimate of drug-likeness (QED) is 0.588. The van der Waals surface area contributed by atoms with Gasteiger partial charge in [0.05, 0.1) is 0 Å². The van der Waals surface area contributed by atoms with Crippen LogP contribution in [0.1, 0.15) is 32.1 Å². The molecule has 13 heavy (non-hydrogen) atoms. The third-order valence-corrected chi connectivity index (χ3v) is 5.80. The number of rotatable bonds is 1. The van der Waals surface area contributed by atoms with Gasteiger partial charge in [-0.05, 0) is 42.7 Å². The highest BCUT2D eigenvalue weighted by atomic mass is 32.2. The summed E-state index contributed by atoms with van der Waals surface area (Å²) in [4.78, 5) is 11.7. The summed E-state index contributed by atoms with van der Waals surface area (Å²) in [7, 11) is 0.444. The van der Waals surface area contributed by atoms with Crippen LogP contribution >= 0.6 is 0 Å². The van der Waals surface area contributed by atoms with Gasteiger partial charge in [0.1, 0.15) is 11.5 Å². The van der Waals surface area contributed by atoms with E-state index < -0.39 is 0 Å². The van der Waals surface area contributed by atoms with E-state index in [1.54, 1.807) is 0 Å². The average molecular weight is 197 g/mol. The molecule has 1 aliphatic heterocycles. The molecule has 0 N–H and O–H groups in total. The highest BCUT2D eigenvalue weighted by molar-refractivity contribution is 7.98. The predicted molar refractivity (Wildman–Crippen MR) is 58.1 cm³/mol. The second-order valence-corrected chi connectivity index (χ2v) is 6.34. The minimum Gasteiger partial charge on any atom is -0.289 e. The molecule has 0 radical (unpaired) electrons. The van der Waals surface area contributed by atoms with Gasteiger partial charge in [-0.25, -0.2) is 0 Å². The molecule has 1 saturated heterocycles. The van der Waals surface area contributed by atoms with Crippen molar-refractivity contribution in [1.29, 1.82) is 0 Å². The van der Waals surface area contributed by atoms with Gasteiger partial charge in [0.15, 0.2) is 5.25 Å². The minimum absolute atomic E-state index is 0.404. The Bertz CT molecular complexity index is 216. The standard InChI is InChI=1S/C11H17OS/c12-10-6-2-1-3-7-11(10)13-8-4-5-9-13/h2,6,11H,1,3-5,7-9H2/q+1. The summed E-state index contributed by atoms with van der Waals surface area (Å²) in [6.45, 7) is 0. The third-order valence-electron chi connectivity index (χ3n) is 2.90. The van der Waals surface area contributed by atoms with E-state index in [1.165, 1.54) is 30.8 Å². The highest BCUT2D eigenvalue weighted by Crippen LogP contribution is 2.24. The number of allylic oxidation sites excluding steroid dienone is 2. The van der Waals surface area contributed by atoms with Gasteiger partial charge in [0.2, 0.25) is 5.78 Å². The lowest BCUT2D eigenvalue weighted by atomic mass is 10.2. The Hall–Kier alpha value is -0.240. The fourth-order valence-corrected chi connectivity index (χ4v) is 4.99.